The first-order valence-corrected chi connectivity index (χ1v) is 9.08. The molecule has 1 saturated carbocycles. The molecule has 1 N–H and O–H groups in total. The molecule has 21 heavy (non-hydrogen) atoms. The van der Waals surface area contributed by atoms with Crippen molar-refractivity contribution in [3.8, 4) is 0 Å². The summed E-state index contributed by atoms with van der Waals surface area (Å²) in [5.41, 5.74) is 1.49. The van der Waals surface area contributed by atoms with Crippen molar-refractivity contribution in [1.82, 2.24) is 5.32 Å². The highest BCUT2D eigenvalue weighted by molar-refractivity contribution is 6.30. The zero-order chi connectivity index (χ0) is 15.1. The van der Waals surface area contributed by atoms with E-state index >= 15 is 0 Å². The Morgan fingerprint density at radius 3 is 2.52 bits per heavy atom. The topological polar surface area (TPSA) is 12.0 Å². The van der Waals surface area contributed by atoms with Crippen molar-refractivity contribution in [1.29, 1.82) is 0 Å². The largest absolute Gasteiger partial charge is 0.316 e. The van der Waals surface area contributed by atoms with Gasteiger partial charge in [-0.3, -0.25) is 0 Å². The molecule has 0 heterocycles. The van der Waals surface area contributed by atoms with Crippen LogP contribution in [0.1, 0.15) is 63.9 Å². The Bertz CT molecular complexity index is 401. The monoisotopic (exact) mass is 307 g/mol. The molecule has 2 rings (SSSR count). The predicted molar refractivity (Wildman–Crippen MR) is 93.1 cm³/mol. The van der Waals surface area contributed by atoms with Crippen LogP contribution in [0.25, 0.3) is 0 Å². The molecule has 0 saturated heterocycles. The minimum atomic E-state index is 0.705. The first kappa shape index (κ1) is 16.8. The fourth-order valence-electron chi connectivity index (χ4n) is 3.82. The molecule has 0 aromatic heterocycles. The molecule has 0 bridgehead atoms. The first-order valence-electron chi connectivity index (χ1n) is 8.70. The maximum absolute atomic E-state index is 6.06. The van der Waals surface area contributed by atoms with E-state index in [1.165, 1.54) is 50.6 Å². The molecule has 1 aromatic rings. The summed E-state index contributed by atoms with van der Waals surface area (Å²) < 4.78 is 0. The van der Waals surface area contributed by atoms with Crippen LogP contribution in [0.2, 0.25) is 5.02 Å². The zero-order valence-electron chi connectivity index (χ0n) is 13.6. The lowest BCUT2D eigenvalue weighted by atomic mass is 9.70. The van der Waals surface area contributed by atoms with Gasteiger partial charge in [-0.25, -0.2) is 0 Å². The average molecular weight is 308 g/mol. The van der Waals surface area contributed by atoms with E-state index in [0.717, 1.165) is 23.4 Å². The molecule has 1 fully saturated rings. The van der Waals surface area contributed by atoms with Gasteiger partial charge < -0.3 is 5.32 Å². The van der Waals surface area contributed by atoms with Crippen LogP contribution in [-0.2, 0) is 0 Å². The summed E-state index contributed by atoms with van der Waals surface area (Å²) in [7, 11) is 0. The normalized spacial score (nSPS) is 26.0. The lowest BCUT2D eigenvalue weighted by Gasteiger charge is -2.37. The second kappa shape index (κ2) is 8.80. The number of nitrogens with one attached hydrogen (secondary N) is 1. The van der Waals surface area contributed by atoms with Crippen LogP contribution >= 0.6 is 11.6 Å². The molecule has 3 unspecified atom stereocenters. The molecule has 0 spiro atoms. The van der Waals surface area contributed by atoms with Gasteiger partial charge in [-0.1, -0.05) is 56.8 Å². The lowest BCUT2D eigenvalue weighted by Crippen LogP contribution is -2.32. The van der Waals surface area contributed by atoms with E-state index in [9.17, 15) is 0 Å². The molecule has 3 atom stereocenters. The van der Waals surface area contributed by atoms with Gasteiger partial charge in [0.2, 0.25) is 0 Å². The minimum Gasteiger partial charge on any atom is -0.316 e. The van der Waals surface area contributed by atoms with Crippen LogP contribution in [0.5, 0.6) is 0 Å². The SMILES string of the molecule is CCCNCC1CCC(CCC)CC1c1ccc(Cl)cc1. The van der Waals surface area contributed by atoms with E-state index in [4.69, 9.17) is 11.6 Å². The second-order valence-electron chi connectivity index (χ2n) is 6.59. The van der Waals surface area contributed by atoms with Gasteiger partial charge in [0.1, 0.15) is 0 Å². The zero-order valence-corrected chi connectivity index (χ0v) is 14.3. The van der Waals surface area contributed by atoms with Crippen LogP contribution in [0.15, 0.2) is 24.3 Å². The fourth-order valence-corrected chi connectivity index (χ4v) is 3.94. The standard InChI is InChI=1S/C19H30ClN/c1-3-5-15-6-7-17(14-21-12-4-2)19(13-15)16-8-10-18(20)11-9-16/h8-11,15,17,19,21H,3-7,12-14H2,1-2H3. The van der Waals surface area contributed by atoms with E-state index < -0.39 is 0 Å². The van der Waals surface area contributed by atoms with E-state index in [-0.39, 0.29) is 0 Å². The van der Waals surface area contributed by atoms with E-state index in [2.05, 4.69) is 43.4 Å². The van der Waals surface area contributed by atoms with Gasteiger partial charge in [-0.05, 0) is 67.8 Å². The summed E-state index contributed by atoms with van der Waals surface area (Å²) in [4.78, 5) is 0. The highest BCUT2D eigenvalue weighted by Crippen LogP contribution is 2.42. The van der Waals surface area contributed by atoms with E-state index in [1.54, 1.807) is 0 Å². The smallest absolute Gasteiger partial charge is 0.0406 e. The predicted octanol–water partition coefficient (Wildman–Crippen LogP) is 5.64. The summed E-state index contributed by atoms with van der Waals surface area (Å²) in [5, 5.41) is 4.48. The molecule has 1 aromatic carbocycles. The molecular formula is C19H30ClN. The van der Waals surface area contributed by atoms with E-state index in [0.29, 0.717) is 5.92 Å². The van der Waals surface area contributed by atoms with Crippen molar-refractivity contribution >= 4 is 11.6 Å². The third kappa shape index (κ3) is 5.00. The number of hydrogen-bond donors (Lipinski definition) is 1. The Kier molecular flexibility index (Phi) is 7.06. The lowest BCUT2D eigenvalue weighted by molar-refractivity contribution is 0.220. The number of benzene rings is 1. The Morgan fingerprint density at radius 1 is 1.10 bits per heavy atom. The number of rotatable bonds is 7. The Morgan fingerprint density at radius 2 is 1.86 bits per heavy atom. The quantitative estimate of drug-likeness (QED) is 0.643. The molecular weight excluding hydrogens is 278 g/mol. The highest BCUT2D eigenvalue weighted by atomic mass is 35.5. The summed E-state index contributed by atoms with van der Waals surface area (Å²) in [6, 6.07) is 8.59. The van der Waals surface area contributed by atoms with Gasteiger partial charge in [0.25, 0.3) is 0 Å². The molecule has 1 aliphatic rings. The molecule has 118 valence electrons. The van der Waals surface area contributed by atoms with Gasteiger partial charge >= 0.3 is 0 Å². The van der Waals surface area contributed by atoms with Gasteiger partial charge in [0, 0.05) is 5.02 Å². The summed E-state index contributed by atoms with van der Waals surface area (Å²) >= 11 is 6.06. The third-order valence-electron chi connectivity index (χ3n) is 4.93. The molecule has 1 nitrogen and oxygen atoms in total. The van der Waals surface area contributed by atoms with Crippen molar-refractivity contribution < 1.29 is 0 Å². The maximum atomic E-state index is 6.06. The number of halogens is 1. The first-order chi connectivity index (χ1) is 10.2. The molecule has 0 radical (unpaired) electrons. The van der Waals surface area contributed by atoms with Gasteiger partial charge in [0.05, 0.1) is 0 Å². The van der Waals surface area contributed by atoms with Gasteiger partial charge in [0.15, 0.2) is 0 Å². The van der Waals surface area contributed by atoms with Crippen LogP contribution in [0, 0.1) is 11.8 Å². The molecule has 0 aliphatic heterocycles. The van der Waals surface area contributed by atoms with Crippen LogP contribution < -0.4 is 5.32 Å². The van der Waals surface area contributed by atoms with Crippen molar-refractivity contribution in [2.45, 2.75) is 58.3 Å². The van der Waals surface area contributed by atoms with Crippen molar-refractivity contribution in [2.24, 2.45) is 11.8 Å². The Labute approximate surface area is 135 Å². The minimum absolute atomic E-state index is 0.705. The van der Waals surface area contributed by atoms with Crippen LogP contribution in [-0.4, -0.2) is 13.1 Å². The van der Waals surface area contributed by atoms with Crippen LogP contribution in [0.3, 0.4) is 0 Å². The van der Waals surface area contributed by atoms with Gasteiger partial charge in [-0.15, -0.1) is 0 Å². The second-order valence-corrected chi connectivity index (χ2v) is 7.03. The van der Waals surface area contributed by atoms with Gasteiger partial charge in [-0.2, -0.15) is 0 Å². The Hall–Kier alpha value is -0.530. The van der Waals surface area contributed by atoms with E-state index in [1.807, 2.05) is 0 Å². The Balaban J connectivity index is 2.05. The van der Waals surface area contributed by atoms with Crippen molar-refractivity contribution in [2.75, 3.05) is 13.1 Å². The fraction of sp³-hybridized carbons (Fsp3) is 0.684. The average Bonchev–Trinajstić information content (AvgIpc) is 2.50. The number of hydrogen-bond acceptors (Lipinski definition) is 1. The molecule has 0 amide bonds. The third-order valence-corrected chi connectivity index (χ3v) is 5.18. The van der Waals surface area contributed by atoms with Crippen molar-refractivity contribution in [3.63, 3.8) is 0 Å². The van der Waals surface area contributed by atoms with Crippen molar-refractivity contribution in [3.05, 3.63) is 34.9 Å². The summed E-state index contributed by atoms with van der Waals surface area (Å²) in [5.74, 6) is 2.40. The molecule has 1 aliphatic carbocycles. The summed E-state index contributed by atoms with van der Waals surface area (Å²) in [6.07, 6.45) is 8.06. The highest BCUT2D eigenvalue weighted by Gasteiger charge is 2.30. The summed E-state index contributed by atoms with van der Waals surface area (Å²) in [6.45, 7) is 6.86. The van der Waals surface area contributed by atoms with Crippen LogP contribution in [0.4, 0.5) is 0 Å². The molecule has 2 heteroatoms. The maximum Gasteiger partial charge on any atom is 0.0406 e.